The minimum atomic E-state index is -0.395. The summed E-state index contributed by atoms with van der Waals surface area (Å²) in [4.78, 5) is 23.0. The van der Waals surface area contributed by atoms with E-state index in [1.807, 2.05) is 0 Å². The largest absolute Gasteiger partial charge is 0.427 e. The lowest BCUT2D eigenvalue weighted by Gasteiger charge is -2.04. The maximum Gasteiger partial charge on any atom is 0.308 e. The monoisotopic (exact) mass is 274 g/mol. The van der Waals surface area contributed by atoms with Crippen molar-refractivity contribution < 1.29 is 14.3 Å². The molecule has 0 amide bonds. The van der Waals surface area contributed by atoms with Crippen LogP contribution in [0, 0.1) is 0 Å². The molecule has 2 aromatic carbocycles. The molecule has 2 aromatic rings. The molecular formula is C15H11ClO3. The Bertz CT molecular complexity index is 618. The van der Waals surface area contributed by atoms with Gasteiger partial charge in [-0.15, -0.1) is 0 Å². The molecule has 3 nitrogen and oxygen atoms in total. The number of ether oxygens (including phenoxy) is 1. The summed E-state index contributed by atoms with van der Waals surface area (Å²) in [5.41, 5.74) is 1.03. The van der Waals surface area contributed by atoms with Crippen molar-refractivity contribution in [3.63, 3.8) is 0 Å². The molecule has 0 atom stereocenters. The van der Waals surface area contributed by atoms with E-state index in [-0.39, 0.29) is 5.78 Å². The highest BCUT2D eigenvalue weighted by Crippen LogP contribution is 2.17. The van der Waals surface area contributed by atoms with Gasteiger partial charge < -0.3 is 4.74 Å². The van der Waals surface area contributed by atoms with Crippen molar-refractivity contribution in [3.8, 4) is 5.75 Å². The third-order valence-corrected chi connectivity index (χ3v) is 2.70. The Kier molecular flexibility index (Phi) is 3.97. The second-order valence-electron chi connectivity index (χ2n) is 3.96. The SMILES string of the molecule is CC(=O)Oc1ccc(C(=O)c2cccc(Cl)c2)cc1. The van der Waals surface area contributed by atoms with Crippen LogP contribution in [-0.4, -0.2) is 11.8 Å². The predicted octanol–water partition coefficient (Wildman–Crippen LogP) is 3.50. The van der Waals surface area contributed by atoms with E-state index in [4.69, 9.17) is 16.3 Å². The lowest BCUT2D eigenvalue weighted by Crippen LogP contribution is -2.03. The van der Waals surface area contributed by atoms with Crippen molar-refractivity contribution in [2.45, 2.75) is 6.92 Å². The molecule has 0 aliphatic heterocycles. The summed E-state index contributed by atoms with van der Waals surface area (Å²) in [6.07, 6.45) is 0. The average molecular weight is 275 g/mol. The molecule has 0 saturated carbocycles. The van der Waals surface area contributed by atoms with Gasteiger partial charge in [-0.3, -0.25) is 9.59 Å². The van der Waals surface area contributed by atoms with Crippen LogP contribution in [0.5, 0.6) is 5.75 Å². The molecule has 0 fully saturated rings. The molecule has 0 saturated heterocycles. The Morgan fingerprint density at radius 3 is 2.26 bits per heavy atom. The first kappa shape index (κ1) is 13.3. The van der Waals surface area contributed by atoms with Crippen LogP contribution in [0.1, 0.15) is 22.8 Å². The van der Waals surface area contributed by atoms with E-state index >= 15 is 0 Å². The Morgan fingerprint density at radius 2 is 1.68 bits per heavy atom. The van der Waals surface area contributed by atoms with Gasteiger partial charge in [0.2, 0.25) is 0 Å². The maximum atomic E-state index is 12.2. The molecule has 0 aromatic heterocycles. The first-order valence-corrected chi connectivity index (χ1v) is 6.03. The topological polar surface area (TPSA) is 43.4 Å². The van der Waals surface area contributed by atoms with Crippen LogP contribution in [0.2, 0.25) is 5.02 Å². The Morgan fingerprint density at radius 1 is 1.00 bits per heavy atom. The van der Waals surface area contributed by atoms with E-state index in [1.165, 1.54) is 6.92 Å². The Hall–Kier alpha value is -2.13. The Labute approximate surface area is 115 Å². The van der Waals surface area contributed by atoms with Gasteiger partial charge in [-0.25, -0.2) is 0 Å². The summed E-state index contributed by atoms with van der Waals surface area (Å²) in [5.74, 6) is -0.110. The number of carbonyl (C=O) groups excluding carboxylic acids is 2. The molecular weight excluding hydrogens is 264 g/mol. The molecule has 0 heterocycles. The van der Waals surface area contributed by atoms with Crippen LogP contribution in [0.3, 0.4) is 0 Å². The number of carbonyl (C=O) groups is 2. The Balaban J connectivity index is 2.22. The van der Waals surface area contributed by atoms with Crippen molar-refractivity contribution in [3.05, 3.63) is 64.7 Å². The van der Waals surface area contributed by atoms with E-state index in [1.54, 1.807) is 48.5 Å². The van der Waals surface area contributed by atoms with E-state index in [2.05, 4.69) is 0 Å². The van der Waals surface area contributed by atoms with Crippen LogP contribution in [0.15, 0.2) is 48.5 Å². The van der Waals surface area contributed by atoms with Crippen molar-refractivity contribution in [2.24, 2.45) is 0 Å². The van der Waals surface area contributed by atoms with Gasteiger partial charge in [0.25, 0.3) is 0 Å². The van der Waals surface area contributed by atoms with E-state index in [0.717, 1.165) is 0 Å². The van der Waals surface area contributed by atoms with Gasteiger partial charge in [-0.1, -0.05) is 23.7 Å². The zero-order valence-corrected chi connectivity index (χ0v) is 11.0. The zero-order valence-electron chi connectivity index (χ0n) is 10.2. The number of benzene rings is 2. The summed E-state index contributed by atoms with van der Waals surface area (Å²) >= 11 is 5.85. The van der Waals surface area contributed by atoms with Crippen molar-refractivity contribution in [1.82, 2.24) is 0 Å². The van der Waals surface area contributed by atoms with Gasteiger partial charge in [0.1, 0.15) is 5.75 Å². The highest BCUT2D eigenvalue weighted by Gasteiger charge is 2.09. The van der Waals surface area contributed by atoms with Gasteiger partial charge in [0.05, 0.1) is 0 Å². The summed E-state index contributed by atoms with van der Waals surface area (Å²) in [5, 5.41) is 0.516. The summed E-state index contributed by atoms with van der Waals surface area (Å²) in [6.45, 7) is 1.32. The fraction of sp³-hybridized carbons (Fsp3) is 0.0667. The van der Waals surface area contributed by atoms with Gasteiger partial charge in [0, 0.05) is 23.1 Å². The molecule has 96 valence electrons. The molecule has 0 aliphatic carbocycles. The van der Waals surface area contributed by atoms with E-state index in [0.29, 0.717) is 21.9 Å². The molecule has 2 rings (SSSR count). The average Bonchev–Trinajstić information content (AvgIpc) is 2.38. The van der Waals surface area contributed by atoms with E-state index < -0.39 is 5.97 Å². The number of ketones is 1. The van der Waals surface area contributed by atoms with Gasteiger partial charge in [-0.05, 0) is 36.4 Å². The lowest BCUT2D eigenvalue weighted by molar-refractivity contribution is -0.131. The molecule has 19 heavy (non-hydrogen) atoms. The molecule has 4 heteroatoms. The van der Waals surface area contributed by atoms with Crippen LogP contribution in [0.25, 0.3) is 0 Å². The first-order chi connectivity index (χ1) is 9.06. The van der Waals surface area contributed by atoms with Crippen molar-refractivity contribution >= 4 is 23.4 Å². The zero-order chi connectivity index (χ0) is 13.8. The summed E-state index contributed by atoms with van der Waals surface area (Å²) in [6, 6.07) is 13.1. The molecule has 0 N–H and O–H groups in total. The van der Waals surface area contributed by atoms with Crippen LogP contribution in [0.4, 0.5) is 0 Å². The van der Waals surface area contributed by atoms with Gasteiger partial charge >= 0.3 is 5.97 Å². The van der Waals surface area contributed by atoms with Gasteiger partial charge in [-0.2, -0.15) is 0 Å². The third kappa shape index (κ3) is 3.42. The fourth-order valence-corrected chi connectivity index (χ4v) is 1.83. The van der Waals surface area contributed by atoms with Crippen LogP contribution in [-0.2, 0) is 4.79 Å². The number of esters is 1. The molecule has 0 unspecified atom stereocenters. The number of hydrogen-bond acceptors (Lipinski definition) is 3. The lowest BCUT2D eigenvalue weighted by atomic mass is 10.0. The van der Waals surface area contributed by atoms with Crippen LogP contribution >= 0.6 is 11.6 Å². The smallest absolute Gasteiger partial charge is 0.308 e. The summed E-state index contributed by atoms with van der Waals surface area (Å²) < 4.78 is 4.90. The minimum absolute atomic E-state index is 0.128. The molecule has 0 bridgehead atoms. The standard InChI is InChI=1S/C15H11ClO3/c1-10(17)19-14-7-5-11(6-8-14)15(18)12-3-2-4-13(16)9-12/h2-9H,1H3. The molecule has 0 spiro atoms. The third-order valence-electron chi connectivity index (χ3n) is 2.46. The van der Waals surface area contributed by atoms with Crippen molar-refractivity contribution in [1.29, 1.82) is 0 Å². The fourth-order valence-electron chi connectivity index (χ4n) is 1.64. The minimum Gasteiger partial charge on any atom is -0.427 e. The highest BCUT2D eigenvalue weighted by molar-refractivity contribution is 6.31. The molecule has 0 aliphatic rings. The second kappa shape index (κ2) is 5.67. The summed E-state index contributed by atoms with van der Waals surface area (Å²) in [7, 11) is 0. The van der Waals surface area contributed by atoms with Gasteiger partial charge in [0.15, 0.2) is 5.78 Å². The first-order valence-electron chi connectivity index (χ1n) is 5.65. The number of rotatable bonds is 3. The number of hydrogen-bond donors (Lipinski definition) is 0. The predicted molar refractivity (Wildman–Crippen MR) is 72.6 cm³/mol. The van der Waals surface area contributed by atoms with Crippen molar-refractivity contribution in [2.75, 3.05) is 0 Å². The maximum absolute atomic E-state index is 12.2. The quantitative estimate of drug-likeness (QED) is 0.489. The second-order valence-corrected chi connectivity index (χ2v) is 4.39. The van der Waals surface area contributed by atoms with E-state index in [9.17, 15) is 9.59 Å². The normalized spacial score (nSPS) is 10.0. The molecule has 0 radical (unpaired) electrons. The number of halogens is 1. The van der Waals surface area contributed by atoms with Crippen LogP contribution < -0.4 is 4.74 Å². The highest BCUT2D eigenvalue weighted by atomic mass is 35.5.